The molecule has 0 aromatic carbocycles. The number of nitrogens with zero attached hydrogens (tertiary/aromatic N) is 4. The molecule has 0 saturated heterocycles. The van der Waals surface area contributed by atoms with E-state index in [0.717, 1.165) is 15.6 Å². The third-order valence-electron chi connectivity index (χ3n) is 3.23. The van der Waals surface area contributed by atoms with E-state index in [1.165, 1.54) is 11.3 Å². The van der Waals surface area contributed by atoms with Crippen molar-refractivity contribution in [3.63, 3.8) is 0 Å². The van der Waals surface area contributed by atoms with Gasteiger partial charge in [0.05, 0.1) is 23.2 Å². The Morgan fingerprint density at radius 1 is 1.42 bits per heavy atom. The molecule has 3 heterocycles. The molecule has 3 aromatic heterocycles. The van der Waals surface area contributed by atoms with Crippen molar-refractivity contribution in [2.75, 3.05) is 19.0 Å². The number of aryl methyl sites for hydroxylation is 1. The molecule has 0 radical (unpaired) electrons. The summed E-state index contributed by atoms with van der Waals surface area (Å²) in [4.78, 5) is 13.3. The molecule has 0 bridgehead atoms. The molecule has 3 rings (SSSR count). The molecule has 3 aromatic rings. The molecule has 24 heavy (non-hydrogen) atoms. The Labute approximate surface area is 146 Å². The predicted octanol–water partition coefficient (Wildman–Crippen LogP) is 2.51. The van der Waals surface area contributed by atoms with E-state index in [9.17, 15) is 4.79 Å². The zero-order valence-corrected chi connectivity index (χ0v) is 14.7. The van der Waals surface area contributed by atoms with Gasteiger partial charge in [-0.1, -0.05) is 17.4 Å². The number of hydrogen-bond donors (Lipinski definition) is 2. The van der Waals surface area contributed by atoms with E-state index in [0.29, 0.717) is 11.7 Å². The Kier molecular flexibility index (Phi) is 5.18. The standard InChI is InChI=1S/C14H16N6O2S2/c1-20-10(5-6-15-20)9(8-22-2)16-13(21)17-14-19-18-12(24-14)11-4-3-7-23-11/h3-7,9H,8H2,1-2H3,(H2,16,17,19,21). The third kappa shape index (κ3) is 3.78. The summed E-state index contributed by atoms with van der Waals surface area (Å²) in [6.07, 6.45) is 1.68. The van der Waals surface area contributed by atoms with Gasteiger partial charge in [-0.3, -0.25) is 10.00 Å². The van der Waals surface area contributed by atoms with Gasteiger partial charge in [0.1, 0.15) is 0 Å². The summed E-state index contributed by atoms with van der Waals surface area (Å²) in [5.41, 5.74) is 0.850. The smallest absolute Gasteiger partial charge is 0.321 e. The lowest BCUT2D eigenvalue weighted by Crippen LogP contribution is -2.35. The first-order valence-electron chi connectivity index (χ1n) is 7.09. The first-order chi connectivity index (χ1) is 11.7. The van der Waals surface area contributed by atoms with E-state index >= 15 is 0 Å². The lowest BCUT2D eigenvalue weighted by atomic mass is 10.2. The van der Waals surface area contributed by atoms with Crippen molar-refractivity contribution in [3.05, 3.63) is 35.5 Å². The number of nitrogens with one attached hydrogen (secondary N) is 2. The van der Waals surface area contributed by atoms with Crippen molar-refractivity contribution in [1.82, 2.24) is 25.3 Å². The van der Waals surface area contributed by atoms with Gasteiger partial charge in [0, 0.05) is 20.4 Å². The van der Waals surface area contributed by atoms with Crippen LogP contribution in [0.3, 0.4) is 0 Å². The van der Waals surface area contributed by atoms with E-state index < -0.39 is 0 Å². The Morgan fingerprint density at radius 3 is 2.96 bits per heavy atom. The Bertz CT molecular complexity index is 798. The zero-order chi connectivity index (χ0) is 16.9. The lowest BCUT2D eigenvalue weighted by molar-refractivity contribution is 0.165. The lowest BCUT2D eigenvalue weighted by Gasteiger charge is -2.18. The second kappa shape index (κ2) is 7.51. The fourth-order valence-electron chi connectivity index (χ4n) is 2.16. The molecule has 0 spiro atoms. The number of aromatic nitrogens is 4. The van der Waals surface area contributed by atoms with Gasteiger partial charge in [0.2, 0.25) is 5.13 Å². The van der Waals surface area contributed by atoms with Gasteiger partial charge in [-0.15, -0.1) is 21.5 Å². The van der Waals surface area contributed by atoms with Gasteiger partial charge in [0.25, 0.3) is 0 Å². The fraction of sp³-hybridized carbons (Fsp3) is 0.286. The molecule has 0 aliphatic carbocycles. The van der Waals surface area contributed by atoms with Crippen molar-refractivity contribution in [2.45, 2.75) is 6.04 Å². The van der Waals surface area contributed by atoms with Crippen molar-refractivity contribution < 1.29 is 9.53 Å². The summed E-state index contributed by atoms with van der Waals surface area (Å²) in [6.45, 7) is 0.337. The van der Waals surface area contributed by atoms with Crippen molar-refractivity contribution in [1.29, 1.82) is 0 Å². The molecule has 0 fully saturated rings. The quantitative estimate of drug-likeness (QED) is 0.701. The van der Waals surface area contributed by atoms with Gasteiger partial charge in [0.15, 0.2) is 5.01 Å². The van der Waals surface area contributed by atoms with E-state index in [2.05, 4.69) is 25.9 Å². The molecule has 0 saturated carbocycles. The van der Waals surface area contributed by atoms with Crippen LogP contribution >= 0.6 is 22.7 Å². The van der Waals surface area contributed by atoms with Crippen LogP contribution in [0.15, 0.2) is 29.8 Å². The SMILES string of the molecule is COCC(NC(=O)Nc1nnc(-c2cccs2)s1)c1ccnn1C. The second-order valence-electron chi connectivity index (χ2n) is 4.88. The van der Waals surface area contributed by atoms with Gasteiger partial charge in [-0.25, -0.2) is 4.79 Å². The molecule has 2 amide bonds. The van der Waals surface area contributed by atoms with Crippen LogP contribution in [0, 0.1) is 0 Å². The minimum Gasteiger partial charge on any atom is -0.382 e. The van der Waals surface area contributed by atoms with Crippen LogP contribution in [-0.4, -0.2) is 39.7 Å². The van der Waals surface area contributed by atoms with Gasteiger partial charge in [-0.05, 0) is 17.5 Å². The topological polar surface area (TPSA) is 94.0 Å². The predicted molar refractivity (Wildman–Crippen MR) is 93.2 cm³/mol. The monoisotopic (exact) mass is 364 g/mol. The molecule has 1 atom stereocenters. The highest BCUT2D eigenvalue weighted by atomic mass is 32.1. The fourth-order valence-corrected chi connectivity index (χ4v) is 3.69. The molecule has 1 unspecified atom stereocenters. The van der Waals surface area contributed by atoms with E-state index in [1.807, 2.05) is 30.6 Å². The molecule has 0 aliphatic heterocycles. The van der Waals surface area contributed by atoms with E-state index in [1.54, 1.807) is 29.3 Å². The number of hydrogen-bond acceptors (Lipinski definition) is 7. The molecule has 2 N–H and O–H groups in total. The first-order valence-corrected chi connectivity index (χ1v) is 8.78. The Balaban J connectivity index is 1.65. The summed E-state index contributed by atoms with van der Waals surface area (Å²) in [6, 6.07) is 5.07. The molecular formula is C14H16N6O2S2. The molecule has 126 valence electrons. The minimum atomic E-state index is -0.368. The normalized spacial score (nSPS) is 12.1. The minimum absolute atomic E-state index is 0.313. The maximum absolute atomic E-state index is 12.2. The summed E-state index contributed by atoms with van der Waals surface area (Å²) in [5.74, 6) is 0. The number of rotatable bonds is 6. The van der Waals surface area contributed by atoms with Crippen LogP contribution in [0.5, 0.6) is 0 Å². The Hall–Kier alpha value is -2.30. The number of methoxy groups -OCH3 is 1. The number of urea groups is 1. The summed E-state index contributed by atoms with van der Waals surface area (Å²) >= 11 is 2.91. The van der Waals surface area contributed by atoms with Crippen LogP contribution in [0.1, 0.15) is 11.7 Å². The average molecular weight is 364 g/mol. The maximum Gasteiger partial charge on any atom is 0.321 e. The highest BCUT2D eigenvalue weighted by molar-refractivity contribution is 7.23. The summed E-state index contributed by atoms with van der Waals surface area (Å²) in [7, 11) is 3.40. The first kappa shape index (κ1) is 16.6. The summed E-state index contributed by atoms with van der Waals surface area (Å²) in [5, 5.41) is 21.0. The number of ether oxygens (including phenoxy) is 1. The molecule has 0 aliphatic rings. The number of amides is 2. The van der Waals surface area contributed by atoms with Crippen molar-refractivity contribution >= 4 is 33.8 Å². The highest BCUT2D eigenvalue weighted by Crippen LogP contribution is 2.29. The van der Waals surface area contributed by atoms with Crippen LogP contribution < -0.4 is 10.6 Å². The number of thiophene rings is 1. The zero-order valence-electron chi connectivity index (χ0n) is 13.1. The van der Waals surface area contributed by atoms with E-state index in [-0.39, 0.29) is 12.1 Å². The Morgan fingerprint density at radius 2 is 2.29 bits per heavy atom. The van der Waals surface area contributed by atoms with Crippen LogP contribution in [-0.2, 0) is 11.8 Å². The molecule has 8 nitrogen and oxygen atoms in total. The highest BCUT2D eigenvalue weighted by Gasteiger charge is 2.18. The molecule has 10 heteroatoms. The average Bonchev–Trinajstić information content (AvgIpc) is 3.27. The van der Waals surface area contributed by atoms with Gasteiger partial charge in [-0.2, -0.15) is 5.10 Å². The van der Waals surface area contributed by atoms with Gasteiger partial charge >= 0.3 is 6.03 Å². The summed E-state index contributed by atoms with van der Waals surface area (Å²) < 4.78 is 6.88. The van der Waals surface area contributed by atoms with E-state index in [4.69, 9.17) is 4.74 Å². The van der Waals surface area contributed by atoms with Crippen LogP contribution in [0.2, 0.25) is 0 Å². The second-order valence-corrected chi connectivity index (χ2v) is 6.80. The number of anilines is 1. The van der Waals surface area contributed by atoms with Crippen LogP contribution in [0.25, 0.3) is 9.88 Å². The number of carbonyl (C=O) groups excluding carboxylic acids is 1. The largest absolute Gasteiger partial charge is 0.382 e. The maximum atomic E-state index is 12.2. The van der Waals surface area contributed by atoms with Gasteiger partial charge < -0.3 is 10.1 Å². The van der Waals surface area contributed by atoms with Crippen molar-refractivity contribution in [3.8, 4) is 9.88 Å². The third-order valence-corrected chi connectivity index (χ3v) is 5.11. The van der Waals surface area contributed by atoms with Crippen LogP contribution in [0.4, 0.5) is 9.93 Å². The van der Waals surface area contributed by atoms with Crippen molar-refractivity contribution in [2.24, 2.45) is 7.05 Å². The molecular weight excluding hydrogens is 348 g/mol. The number of carbonyl (C=O) groups is 1.